The summed E-state index contributed by atoms with van der Waals surface area (Å²) in [4.78, 5) is 12.4. The summed E-state index contributed by atoms with van der Waals surface area (Å²) < 4.78 is 0. The van der Waals surface area contributed by atoms with Gasteiger partial charge in [-0.1, -0.05) is 11.3 Å². The van der Waals surface area contributed by atoms with Crippen LogP contribution < -0.4 is 5.32 Å². The number of hydrogen-bond acceptors (Lipinski definition) is 5. The van der Waals surface area contributed by atoms with Crippen molar-refractivity contribution in [2.45, 2.75) is 6.54 Å². The Morgan fingerprint density at radius 3 is 3.25 bits per heavy atom. The SMILES string of the molecule is O=C(C=Cc1cccs1)NCc1nn[nH]n1. The Morgan fingerprint density at radius 2 is 2.56 bits per heavy atom. The van der Waals surface area contributed by atoms with Crippen molar-refractivity contribution < 1.29 is 4.79 Å². The van der Waals surface area contributed by atoms with Crippen LogP contribution in [0.2, 0.25) is 0 Å². The highest BCUT2D eigenvalue weighted by molar-refractivity contribution is 7.10. The van der Waals surface area contributed by atoms with E-state index in [4.69, 9.17) is 0 Å². The largest absolute Gasteiger partial charge is 0.345 e. The van der Waals surface area contributed by atoms with Gasteiger partial charge in [0.25, 0.3) is 0 Å². The summed E-state index contributed by atoms with van der Waals surface area (Å²) in [6.07, 6.45) is 3.24. The van der Waals surface area contributed by atoms with E-state index >= 15 is 0 Å². The molecule has 0 fully saturated rings. The second kappa shape index (κ2) is 5.17. The first-order valence-electron chi connectivity index (χ1n) is 4.56. The molecule has 0 saturated carbocycles. The maximum absolute atomic E-state index is 11.4. The van der Waals surface area contributed by atoms with E-state index in [-0.39, 0.29) is 12.5 Å². The first-order valence-corrected chi connectivity index (χ1v) is 5.44. The van der Waals surface area contributed by atoms with E-state index in [1.807, 2.05) is 17.5 Å². The molecule has 6 nitrogen and oxygen atoms in total. The van der Waals surface area contributed by atoms with Crippen LogP contribution in [-0.4, -0.2) is 26.5 Å². The Labute approximate surface area is 95.4 Å². The van der Waals surface area contributed by atoms with E-state index in [1.165, 1.54) is 6.08 Å². The van der Waals surface area contributed by atoms with E-state index < -0.39 is 0 Å². The van der Waals surface area contributed by atoms with Gasteiger partial charge in [0, 0.05) is 11.0 Å². The predicted octanol–water partition coefficient (Wildman–Crippen LogP) is 0.591. The zero-order chi connectivity index (χ0) is 11.2. The van der Waals surface area contributed by atoms with Gasteiger partial charge in [-0.2, -0.15) is 5.21 Å². The van der Waals surface area contributed by atoms with Crippen LogP contribution in [0.15, 0.2) is 23.6 Å². The average molecular weight is 235 g/mol. The first kappa shape index (κ1) is 10.5. The average Bonchev–Trinajstić information content (AvgIpc) is 2.96. The number of aromatic amines is 1. The summed E-state index contributed by atoms with van der Waals surface area (Å²) >= 11 is 1.57. The number of hydrogen-bond donors (Lipinski definition) is 2. The van der Waals surface area contributed by atoms with Crippen molar-refractivity contribution in [3.05, 3.63) is 34.3 Å². The first-order chi connectivity index (χ1) is 7.84. The number of thiophene rings is 1. The number of rotatable bonds is 4. The number of amides is 1. The monoisotopic (exact) mass is 235 g/mol. The Balaban J connectivity index is 1.81. The van der Waals surface area contributed by atoms with Gasteiger partial charge in [0.2, 0.25) is 5.91 Å². The fourth-order valence-corrected chi connectivity index (χ4v) is 1.64. The van der Waals surface area contributed by atoms with E-state index in [9.17, 15) is 4.79 Å². The van der Waals surface area contributed by atoms with Crippen molar-refractivity contribution in [1.29, 1.82) is 0 Å². The lowest BCUT2D eigenvalue weighted by Crippen LogP contribution is -2.20. The highest BCUT2D eigenvalue weighted by atomic mass is 32.1. The molecule has 2 aromatic rings. The van der Waals surface area contributed by atoms with Crippen molar-refractivity contribution in [2.24, 2.45) is 0 Å². The quantitative estimate of drug-likeness (QED) is 0.760. The van der Waals surface area contributed by atoms with Gasteiger partial charge in [0.1, 0.15) is 0 Å². The van der Waals surface area contributed by atoms with Crippen molar-refractivity contribution in [3.8, 4) is 0 Å². The highest BCUT2D eigenvalue weighted by Crippen LogP contribution is 2.09. The van der Waals surface area contributed by atoms with E-state index in [1.54, 1.807) is 17.4 Å². The standard InChI is InChI=1S/C9H9N5OS/c15-9(4-3-7-2-1-5-16-7)10-6-8-11-13-14-12-8/h1-5H,6H2,(H,10,15)(H,11,12,13,14). The minimum absolute atomic E-state index is 0.182. The fourth-order valence-electron chi connectivity index (χ4n) is 1.03. The van der Waals surface area contributed by atoms with Gasteiger partial charge in [-0.3, -0.25) is 4.79 Å². The number of carbonyl (C=O) groups is 1. The summed E-state index contributed by atoms with van der Waals surface area (Å²) in [6.45, 7) is 0.268. The number of carbonyl (C=O) groups excluding carboxylic acids is 1. The molecule has 0 aromatic carbocycles. The highest BCUT2D eigenvalue weighted by Gasteiger charge is 1.99. The van der Waals surface area contributed by atoms with Crippen LogP contribution in [0.4, 0.5) is 0 Å². The number of nitrogens with zero attached hydrogens (tertiary/aromatic N) is 3. The number of aromatic nitrogens is 4. The molecule has 7 heteroatoms. The number of nitrogens with one attached hydrogen (secondary N) is 2. The fraction of sp³-hybridized carbons (Fsp3) is 0.111. The third kappa shape index (κ3) is 2.99. The Hall–Kier alpha value is -2.02. The molecular formula is C9H9N5OS. The third-order valence-corrected chi connectivity index (χ3v) is 2.59. The summed E-state index contributed by atoms with van der Waals surface area (Å²) in [5.41, 5.74) is 0. The zero-order valence-electron chi connectivity index (χ0n) is 8.25. The normalized spacial score (nSPS) is 10.8. The lowest BCUT2D eigenvalue weighted by molar-refractivity contribution is -0.116. The van der Waals surface area contributed by atoms with Gasteiger partial charge in [-0.15, -0.1) is 21.5 Å². The lowest BCUT2D eigenvalue weighted by atomic mass is 10.4. The molecule has 0 bridgehead atoms. The van der Waals surface area contributed by atoms with Crippen LogP contribution in [0.25, 0.3) is 6.08 Å². The van der Waals surface area contributed by atoms with E-state index in [0.717, 1.165) is 4.88 Å². The molecule has 0 aliphatic carbocycles. The molecule has 0 atom stereocenters. The molecule has 82 valence electrons. The Kier molecular flexibility index (Phi) is 3.39. The van der Waals surface area contributed by atoms with Crippen LogP contribution in [0.1, 0.15) is 10.7 Å². The molecule has 2 aromatic heterocycles. The van der Waals surface area contributed by atoms with Crippen LogP contribution in [0.5, 0.6) is 0 Å². The minimum atomic E-state index is -0.182. The maximum Gasteiger partial charge on any atom is 0.244 e. The lowest BCUT2D eigenvalue weighted by Gasteiger charge is -1.95. The van der Waals surface area contributed by atoms with Gasteiger partial charge in [-0.05, 0) is 17.5 Å². The van der Waals surface area contributed by atoms with Crippen molar-refractivity contribution in [3.63, 3.8) is 0 Å². The van der Waals surface area contributed by atoms with Crippen molar-refractivity contribution >= 4 is 23.3 Å². The summed E-state index contributed by atoms with van der Waals surface area (Å²) in [7, 11) is 0. The summed E-state index contributed by atoms with van der Waals surface area (Å²) in [6, 6.07) is 3.87. The smallest absolute Gasteiger partial charge is 0.244 e. The van der Waals surface area contributed by atoms with Gasteiger partial charge >= 0.3 is 0 Å². The van der Waals surface area contributed by atoms with Crippen molar-refractivity contribution in [1.82, 2.24) is 25.9 Å². The van der Waals surface area contributed by atoms with Gasteiger partial charge in [-0.25, -0.2) is 0 Å². The molecule has 1 amide bonds. The molecule has 2 N–H and O–H groups in total. The van der Waals surface area contributed by atoms with E-state index in [2.05, 4.69) is 25.9 Å². The molecular weight excluding hydrogens is 226 g/mol. The molecule has 0 aliphatic heterocycles. The van der Waals surface area contributed by atoms with Crippen LogP contribution in [0, 0.1) is 0 Å². The second-order valence-corrected chi connectivity index (χ2v) is 3.87. The Bertz CT molecular complexity index is 462. The van der Waals surface area contributed by atoms with Gasteiger partial charge in [0.15, 0.2) is 5.82 Å². The number of tetrazole rings is 1. The van der Waals surface area contributed by atoms with Crippen LogP contribution in [0.3, 0.4) is 0 Å². The minimum Gasteiger partial charge on any atom is -0.345 e. The van der Waals surface area contributed by atoms with Crippen LogP contribution in [-0.2, 0) is 11.3 Å². The van der Waals surface area contributed by atoms with E-state index in [0.29, 0.717) is 5.82 Å². The molecule has 0 aliphatic rings. The third-order valence-electron chi connectivity index (χ3n) is 1.75. The zero-order valence-corrected chi connectivity index (χ0v) is 9.07. The summed E-state index contributed by atoms with van der Waals surface area (Å²) in [5, 5.41) is 17.7. The van der Waals surface area contributed by atoms with Crippen molar-refractivity contribution in [2.75, 3.05) is 0 Å². The molecule has 16 heavy (non-hydrogen) atoms. The second-order valence-electron chi connectivity index (χ2n) is 2.89. The summed E-state index contributed by atoms with van der Waals surface area (Å²) in [5.74, 6) is 0.274. The maximum atomic E-state index is 11.4. The van der Waals surface area contributed by atoms with Gasteiger partial charge < -0.3 is 5.32 Å². The van der Waals surface area contributed by atoms with Crippen LogP contribution >= 0.6 is 11.3 Å². The van der Waals surface area contributed by atoms with Gasteiger partial charge in [0.05, 0.1) is 6.54 Å². The topological polar surface area (TPSA) is 83.6 Å². The molecule has 2 heterocycles. The molecule has 0 spiro atoms. The molecule has 0 saturated heterocycles. The Morgan fingerprint density at radius 1 is 1.62 bits per heavy atom. The molecule has 2 rings (SSSR count). The predicted molar refractivity (Wildman–Crippen MR) is 59.4 cm³/mol. The molecule has 0 unspecified atom stereocenters. The number of H-pyrrole nitrogens is 1. The molecule has 0 radical (unpaired) electrons.